The number of hydrogen-bond acceptors (Lipinski definition) is 4. The van der Waals surface area contributed by atoms with Gasteiger partial charge < -0.3 is 10.1 Å². The highest BCUT2D eigenvalue weighted by Gasteiger charge is 2.28. The number of aryl methyl sites for hydroxylation is 1. The number of benzene rings is 2. The van der Waals surface area contributed by atoms with Crippen molar-refractivity contribution in [2.24, 2.45) is 0 Å². The number of amides is 1. The number of aromatic nitrogens is 3. The van der Waals surface area contributed by atoms with Gasteiger partial charge in [0, 0.05) is 5.69 Å². The van der Waals surface area contributed by atoms with Crippen LogP contribution in [-0.4, -0.2) is 20.9 Å². The fourth-order valence-electron chi connectivity index (χ4n) is 3.02. The molecule has 0 saturated heterocycles. The molecule has 1 N–H and O–H groups in total. The number of halogens is 2. The predicted octanol–water partition coefficient (Wildman–Crippen LogP) is 3.39. The van der Waals surface area contributed by atoms with E-state index in [4.69, 9.17) is 4.74 Å². The third-order valence-electron chi connectivity index (χ3n) is 4.49. The van der Waals surface area contributed by atoms with Gasteiger partial charge in [0.05, 0.1) is 18.8 Å². The zero-order valence-corrected chi connectivity index (χ0v) is 14.4. The second-order valence-corrected chi connectivity index (χ2v) is 6.33. The number of rotatable bonds is 3. The molecule has 1 aromatic heterocycles. The number of nitrogens with one attached hydrogen (secondary N) is 1. The Hall–Kier alpha value is -3.13. The van der Waals surface area contributed by atoms with E-state index in [0.717, 1.165) is 5.56 Å². The fraction of sp³-hybridized carbons (Fsp3) is 0.211. The van der Waals surface area contributed by atoms with Crippen molar-refractivity contribution in [2.45, 2.75) is 26.2 Å². The topological polar surface area (TPSA) is 69.0 Å². The first kappa shape index (κ1) is 17.3. The molecule has 1 unspecified atom stereocenters. The molecular weight excluding hydrogens is 354 g/mol. The predicted molar refractivity (Wildman–Crippen MR) is 93.0 cm³/mol. The van der Waals surface area contributed by atoms with E-state index in [-0.39, 0.29) is 30.0 Å². The van der Waals surface area contributed by atoms with Gasteiger partial charge in [0.25, 0.3) is 5.91 Å². The summed E-state index contributed by atoms with van der Waals surface area (Å²) in [5, 5.41) is 10.7. The Bertz CT molecular complexity index is 1000. The van der Waals surface area contributed by atoms with Gasteiger partial charge in [-0.25, -0.2) is 13.5 Å². The summed E-state index contributed by atoms with van der Waals surface area (Å²) in [7, 11) is 0. The van der Waals surface area contributed by atoms with E-state index < -0.39 is 5.91 Å². The number of anilines is 1. The Balaban J connectivity index is 1.52. The van der Waals surface area contributed by atoms with Crippen molar-refractivity contribution >= 4 is 11.6 Å². The van der Waals surface area contributed by atoms with Gasteiger partial charge in [0.2, 0.25) is 0 Å². The summed E-state index contributed by atoms with van der Waals surface area (Å²) in [6.07, 6.45) is -0.296. The van der Waals surface area contributed by atoms with E-state index in [9.17, 15) is 13.6 Å². The van der Waals surface area contributed by atoms with Crippen molar-refractivity contribution in [1.82, 2.24) is 15.0 Å². The van der Waals surface area contributed by atoms with Crippen LogP contribution in [-0.2, 0) is 17.9 Å². The lowest BCUT2D eigenvalue weighted by Crippen LogP contribution is -2.24. The van der Waals surface area contributed by atoms with Crippen molar-refractivity contribution in [3.05, 3.63) is 76.6 Å². The van der Waals surface area contributed by atoms with Crippen LogP contribution in [0.5, 0.6) is 0 Å². The standard InChI is InChI=1S/C19H16F2N4O2/c1-11-8-14(21)6-7-15(11)22-19(26)18-16-10-27-17(9-25(16)24-23-18)12-2-4-13(20)5-3-12/h2-8,17H,9-10H2,1H3,(H,22,26). The first-order valence-corrected chi connectivity index (χ1v) is 8.38. The Labute approximate surface area is 153 Å². The molecule has 4 rings (SSSR count). The van der Waals surface area contributed by atoms with Crippen LogP contribution in [0.3, 0.4) is 0 Å². The molecule has 2 aromatic carbocycles. The lowest BCUT2D eigenvalue weighted by Gasteiger charge is -2.24. The van der Waals surface area contributed by atoms with Crippen LogP contribution in [0.2, 0.25) is 0 Å². The lowest BCUT2D eigenvalue weighted by molar-refractivity contribution is -0.00174. The molecule has 3 aromatic rings. The monoisotopic (exact) mass is 370 g/mol. The van der Waals surface area contributed by atoms with Crippen molar-refractivity contribution in [1.29, 1.82) is 0 Å². The summed E-state index contributed by atoms with van der Waals surface area (Å²) >= 11 is 0. The number of ether oxygens (including phenoxy) is 1. The molecule has 0 radical (unpaired) electrons. The molecule has 0 fully saturated rings. The number of nitrogens with zero attached hydrogens (tertiary/aromatic N) is 3. The summed E-state index contributed by atoms with van der Waals surface area (Å²) in [6.45, 7) is 2.23. The van der Waals surface area contributed by atoms with Crippen LogP contribution in [0, 0.1) is 18.6 Å². The second-order valence-electron chi connectivity index (χ2n) is 6.33. The SMILES string of the molecule is Cc1cc(F)ccc1NC(=O)c1nnn2c1COC(c1ccc(F)cc1)C2. The highest BCUT2D eigenvalue weighted by Crippen LogP contribution is 2.27. The largest absolute Gasteiger partial charge is 0.365 e. The molecule has 0 saturated carbocycles. The third kappa shape index (κ3) is 3.43. The normalized spacial score (nSPS) is 16.0. The van der Waals surface area contributed by atoms with Gasteiger partial charge in [-0.1, -0.05) is 17.3 Å². The van der Waals surface area contributed by atoms with Crippen molar-refractivity contribution in [3.8, 4) is 0 Å². The Morgan fingerprint density at radius 3 is 2.67 bits per heavy atom. The van der Waals surface area contributed by atoms with Crippen molar-refractivity contribution in [2.75, 3.05) is 5.32 Å². The van der Waals surface area contributed by atoms with Crippen LogP contribution in [0.1, 0.15) is 33.4 Å². The zero-order chi connectivity index (χ0) is 19.0. The average molecular weight is 370 g/mol. The molecule has 8 heteroatoms. The van der Waals surface area contributed by atoms with E-state index in [2.05, 4.69) is 15.6 Å². The third-order valence-corrected chi connectivity index (χ3v) is 4.49. The summed E-state index contributed by atoms with van der Waals surface area (Å²) in [6, 6.07) is 10.2. The molecular formula is C19H16F2N4O2. The van der Waals surface area contributed by atoms with Gasteiger partial charge in [-0.2, -0.15) is 0 Å². The molecule has 2 heterocycles. The fourth-order valence-corrected chi connectivity index (χ4v) is 3.02. The minimum Gasteiger partial charge on any atom is -0.365 e. The summed E-state index contributed by atoms with van der Waals surface area (Å²) in [4.78, 5) is 12.6. The molecule has 6 nitrogen and oxygen atoms in total. The number of fused-ring (bicyclic) bond motifs is 1. The summed E-state index contributed by atoms with van der Waals surface area (Å²) in [5.74, 6) is -1.12. The summed E-state index contributed by atoms with van der Waals surface area (Å²) in [5.41, 5.74) is 2.66. The lowest BCUT2D eigenvalue weighted by atomic mass is 10.1. The van der Waals surface area contributed by atoms with E-state index in [1.807, 2.05) is 0 Å². The van der Waals surface area contributed by atoms with Crippen LogP contribution < -0.4 is 5.32 Å². The van der Waals surface area contributed by atoms with Crippen LogP contribution >= 0.6 is 0 Å². The molecule has 1 atom stereocenters. The van der Waals surface area contributed by atoms with Gasteiger partial charge in [0.15, 0.2) is 5.69 Å². The molecule has 138 valence electrons. The van der Waals surface area contributed by atoms with Crippen molar-refractivity contribution < 1.29 is 18.3 Å². The van der Waals surface area contributed by atoms with Gasteiger partial charge in [-0.05, 0) is 48.4 Å². The maximum absolute atomic E-state index is 13.2. The Morgan fingerprint density at radius 1 is 1.19 bits per heavy atom. The number of hydrogen-bond donors (Lipinski definition) is 1. The van der Waals surface area contributed by atoms with Gasteiger partial charge in [-0.3, -0.25) is 4.79 Å². The minimum atomic E-state index is -0.435. The van der Waals surface area contributed by atoms with Gasteiger partial charge in [0.1, 0.15) is 17.7 Å². The number of carbonyl (C=O) groups excluding carboxylic acids is 1. The molecule has 0 spiro atoms. The second kappa shape index (κ2) is 6.88. The van der Waals surface area contributed by atoms with Gasteiger partial charge >= 0.3 is 0 Å². The molecule has 0 aliphatic carbocycles. The molecule has 0 bridgehead atoms. The van der Waals surface area contributed by atoms with E-state index in [0.29, 0.717) is 23.5 Å². The maximum Gasteiger partial charge on any atom is 0.278 e. The first-order valence-electron chi connectivity index (χ1n) is 8.38. The van der Waals surface area contributed by atoms with E-state index >= 15 is 0 Å². The molecule has 1 aliphatic heterocycles. The quantitative estimate of drug-likeness (QED) is 0.767. The number of carbonyl (C=O) groups is 1. The molecule has 1 amide bonds. The highest BCUT2D eigenvalue weighted by atomic mass is 19.1. The zero-order valence-electron chi connectivity index (χ0n) is 14.4. The Kier molecular flexibility index (Phi) is 4.41. The van der Waals surface area contributed by atoms with Crippen LogP contribution in [0.15, 0.2) is 42.5 Å². The van der Waals surface area contributed by atoms with Gasteiger partial charge in [-0.15, -0.1) is 5.10 Å². The van der Waals surface area contributed by atoms with Crippen molar-refractivity contribution in [3.63, 3.8) is 0 Å². The van der Waals surface area contributed by atoms with Crippen LogP contribution in [0.4, 0.5) is 14.5 Å². The van der Waals surface area contributed by atoms with Crippen LogP contribution in [0.25, 0.3) is 0 Å². The minimum absolute atomic E-state index is 0.153. The molecule has 27 heavy (non-hydrogen) atoms. The Morgan fingerprint density at radius 2 is 1.93 bits per heavy atom. The highest BCUT2D eigenvalue weighted by molar-refractivity contribution is 6.03. The average Bonchev–Trinajstić information content (AvgIpc) is 3.08. The first-order chi connectivity index (χ1) is 13.0. The maximum atomic E-state index is 13.2. The smallest absolute Gasteiger partial charge is 0.278 e. The van der Waals surface area contributed by atoms with E-state index in [1.54, 1.807) is 23.7 Å². The van der Waals surface area contributed by atoms with E-state index in [1.165, 1.54) is 30.3 Å². The molecule has 1 aliphatic rings. The summed E-state index contributed by atoms with van der Waals surface area (Å²) < 4.78 is 33.7.